The number of halogens is 3. The van der Waals surface area contributed by atoms with E-state index in [1.54, 1.807) is 24.4 Å². The normalized spacial score (nSPS) is 10.1. The molecular formula is C25H19ClF2IrN5. The third-order valence-electron chi connectivity index (χ3n) is 4.48. The molecule has 34 heavy (non-hydrogen) atoms. The van der Waals surface area contributed by atoms with E-state index in [1.807, 2.05) is 65.9 Å². The fraction of sp³-hybridized carbons (Fsp3) is 0.0800. The zero-order chi connectivity index (χ0) is 24.5. The van der Waals surface area contributed by atoms with Crippen molar-refractivity contribution < 1.29 is 26.7 Å². The summed E-state index contributed by atoms with van der Waals surface area (Å²) in [5, 5.41) is 8.75. The van der Waals surface area contributed by atoms with Crippen LogP contribution in [0.3, 0.4) is 0 Å². The van der Waals surface area contributed by atoms with Gasteiger partial charge in [-0.15, -0.1) is 30.3 Å². The Morgan fingerprint density at radius 3 is 1.94 bits per heavy atom. The van der Waals surface area contributed by atoms with Crippen LogP contribution in [0.4, 0.5) is 8.78 Å². The van der Waals surface area contributed by atoms with E-state index in [9.17, 15) is 8.78 Å². The molecule has 0 fully saturated rings. The van der Waals surface area contributed by atoms with Crippen LogP contribution >= 0.6 is 9.58 Å². The third kappa shape index (κ3) is 6.67. The molecule has 0 aliphatic carbocycles. The molecule has 0 spiro atoms. The van der Waals surface area contributed by atoms with Gasteiger partial charge in [0.2, 0.25) is 0 Å². The van der Waals surface area contributed by atoms with Crippen molar-refractivity contribution in [3.8, 4) is 22.6 Å². The second kappa shape index (κ2) is 12.3. The summed E-state index contributed by atoms with van der Waals surface area (Å²) in [6.45, 7) is 3.94. The second-order valence-electron chi connectivity index (χ2n) is 6.98. The summed E-state index contributed by atoms with van der Waals surface area (Å²) in [6, 6.07) is 22.7. The predicted octanol–water partition coefficient (Wildman–Crippen LogP) is 5.99. The van der Waals surface area contributed by atoms with Crippen LogP contribution in [0, 0.1) is 37.6 Å². The molecule has 0 bridgehead atoms. The summed E-state index contributed by atoms with van der Waals surface area (Å²) in [7, 11) is 4.64. The topological polar surface area (TPSA) is 48.5 Å². The average Bonchev–Trinajstić information content (AvgIpc) is 3.50. The Bertz CT molecular complexity index is 1280. The van der Waals surface area contributed by atoms with Gasteiger partial charge in [0.1, 0.15) is 0 Å². The van der Waals surface area contributed by atoms with E-state index in [0.717, 1.165) is 34.9 Å². The van der Waals surface area contributed by atoms with Gasteiger partial charge in [-0.25, -0.2) is 0 Å². The first-order valence-electron chi connectivity index (χ1n) is 9.98. The van der Waals surface area contributed by atoms with Crippen molar-refractivity contribution in [3.63, 3.8) is 0 Å². The Hall–Kier alpha value is -3.19. The molecular weight excluding hydrogens is 636 g/mol. The number of aryl methyl sites for hydroxylation is 2. The zero-order valence-corrected chi connectivity index (χ0v) is 21.4. The first-order chi connectivity index (χ1) is 16.5. The maximum atomic E-state index is 13.2. The number of pyridine rings is 1. The number of benzene rings is 2. The van der Waals surface area contributed by atoms with E-state index in [2.05, 4.69) is 36.9 Å². The molecule has 174 valence electrons. The number of rotatable bonds is 3. The van der Waals surface area contributed by atoms with Gasteiger partial charge >= 0.3 is 27.5 Å². The summed E-state index contributed by atoms with van der Waals surface area (Å²) in [5.74, 6) is -1.29. The summed E-state index contributed by atoms with van der Waals surface area (Å²) in [5.41, 5.74) is 4.44. The van der Waals surface area contributed by atoms with E-state index < -0.39 is 11.6 Å². The van der Waals surface area contributed by atoms with Crippen molar-refractivity contribution in [1.82, 2.24) is 24.5 Å². The fourth-order valence-electron chi connectivity index (χ4n) is 2.96. The molecule has 0 aliphatic heterocycles. The quantitative estimate of drug-likeness (QED) is 0.225. The van der Waals surface area contributed by atoms with Gasteiger partial charge in [0.05, 0.1) is 11.4 Å². The van der Waals surface area contributed by atoms with Crippen molar-refractivity contribution in [2.75, 3.05) is 0 Å². The molecule has 0 N–H and O–H groups in total. The molecule has 5 aromatic rings. The van der Waals surface area contributed by atoms with Crippen LogP contribution in [0.2, 0.25) is 0 Å². The van der Waals surface area contributed by atoms with Crippen LogP contribution in [-0.4, -0.2) is 24.5 Å². The van der Waals surface area contributed by atoms with Crippen molar-refractivity contribution in [3.05, 3.63) is 114 Å². The molecule has 9 heteroatoms. The zero-order valence-electron chi connectivity index (χ0n) is 18.2. The standard InChI is InChI=1S/C14H13N4.C11H6F2N.ClH.Ir/c1-11-6-8-17(15-11)13-4-3-5-14(10-13)18-9-7-12(2)16-18;12-8-4-5-9(10(13)7-8)11-3-1-2-6-14-11;;/h3-9H,1-2H3;1-4,6-7H;1H;/q2*-1;;+3/p-1. The number of aromatic nitrogens is 5. The molecule has 0 saturated heterocycles. The Kier molecular flexibility index (Phi) is 9.22. The van der Waals surface area contributed by atoms with Gasteiger partial charge in [-0.1, -0.05) is 23.8 Å². The van der Waals surface area contributed by atoms with Crippen LogP contribution in [0.15, 0.2) is 79.3 Å². The van der Waals surface area contributed by atoms with Crippen LogP contribution in [0.5, 0.6) is 0 Å². The average molecular weight is 655 g/mol. The minimum absolute atomic E-state index is 0.187. The van der Waals surface area contributed by atoms with Crippen LogP contribution in [-0.2, 0) is 17.9 Å². The van der Waals surface area contributed by atoms with Crippen LogP contribution in [0.1, 0.15) is 11.4 Å². The Balaban J connectivity index is 0.000000183. The number of hydrogen-bond donors (Lipinski definition) is 0. The van der Waals surface area contributed by atoms with Gasteiger partial charge in [-0.05, 0) is 49.1 Å². The Morgan fingerprint density at radius 2 is 1.47 bits per heavy atom. The molecule has 0 amide bonds. The number of hydrogen-bond acceptors (Lipinski definition) is 3. The molecule has 5 rings (SSSR count). The molecule has 0 radical (unpaired) electrons. The Morgan fingerprint density at radius 1 is 0.853 bits per heavy atom. The molecule has 3 heterocycles. The summed E-state index contributed by atoms with van der Waals surface area (Å²) < 4.78 is 29.4. The van der Waals surface area contributed by atoms with Gasteiger partial charge in [0, 0.05) is 30.2 Å². The van der Waals surface area contributed by atoms with E-state index in [4.69, 9.17) is 0 Å². The SMILES string of the molecule is Cc1ccn(-c2[c-]c(-n3ccc(C)n3)ccc2)n1.Fc1c[c-]c(-c2ccccn2)c(F)c1.[Cl][Ir+2]. The van der Waals surface area contributed by atoms with Crippen molar-refractivity contribution >= 4 is 9.58 Å². The summed E-state index contributed by atoms with van der Waals surface area (Å²) in [6.07, 6.45) is 5.41. The van der Waals surface area contributed by atoms with E-state index in [-0.39, 0.29) is 5.56 Å². The monoisotopic (exact) mass is 655 g/mol. The molecule has 5 nitrogen and oxygen atoms in total. The first-order valence-corrected chi connectivity index (χ1v) is 12.9. The third-order valence-corrected chi connectivity index (χ3v) is 4.48. The summed E-state index contributed by atoms with van der Waals surface area (Å²) in [4.78, 5) is 3.95. The summed E-state index contributed by atoms with van der Waals surface area (Å²) >= 11 is 1.47. The molecule has 0 unspecified atom stereocenters. The first kappa shape index (κ1) is 25.4. The Labute approximate surface area is 211 Å². The molecule has 0 aliphatic rings. The van der Waals surface area contributed by atoms with Crippen molar-refractivity contribution in [2.24, 2.45) is 0 Å². The van der Waals surface area contributed by atoms with Crippen molar-refractivity contribution in [2.45, 2.75) is 13.8 Å². The molecule has 0 saturated carbocycles. The predicted molar refractivity (Wildman–Crippen MR) is 123 cm³/mol. The van der Waals surface area contributed by atoms with E-state index >= 15 is 0 Å². The van der Waals surface area contributed by atoms with Crippen LogP contribution in [0.25, 0.3) is 22.6 Å². The van der Waals surface area contributed by atoms with E-state index in [0.29, 0.717) is 5.69 Å². The van der Waals surface area contributed by atoms with Gasteiger partial charge in [0.15, 0.2) is 0 Å². The second-order valence-corrected chi connectivity index (χ2v) is 6.98. The number of nitrogens with zero attached hydrogens (tertiary/aromatic N) is 5. The van der Waals surface area contributed by atoms with Crippen molar-refractivity contribution in [1.29, 1.82) is 0 Å². The fourth-order valence-corrected chi connectivity index (χ4v) is 2.96. The molecule has 2 aromatic carbocycles. The minimum atomic E-state index is -0.649. The van der Waals surface area contributed by atoms with E-state index in [1.165, 1.54) is 17.9 Å². The van der Waals surface area contributed by atoms with Gasteiger partial charge in [-0.2, -0.15) is 16.3 Å². The van der Waals surface area contributed by atoms with Crippen LogP contribution < -0.4 is 0 Å². The van der Waals surface area contributed by atoms with Gasteiger partial charge in [-0.3, -0.25) is 18.1 Å². The van der Waals surface area contributed by atoms with Gasteiger partial charge in [0.25, 0.3) is 0 Å². The molecule has 3 aromatic heterocycles. The maximum absolute atomic E-state index is 13.2. The van der Waals surface area contributed by atoms with Gasteiger partial charge < -0.3 is 4.98 Å². The molecule has 0 atom stereocenters.